The maximum absolute atomic E-state index is 9.30. The molecule has 0 aliphatic carbocycles. The fourth-order valence-electron chi connectivity index (χ4n) is 3.67. The molecule has 0 aliphatic heterocycles. The van der Waals surface area contributed by atoms with E-state index in [1.807, 2.05) is 18.2 Å². The predicted octanol–water partition coefficient (Wildman–Crippen LogP) is 8.08. The Balaban J connectivity index is 0.000000208. The number of halogens is 5. The first kappa shape index (κ1) is 30.4. The summed E-state index contributed by atoms with van der Waals surface area (Å²) in [7, 11) is 0. The van der Waals surface area contributed by atoms with E-state index in [4.69, 9.17) is 69.5 Å². The summed E-state index contributed by atoms with van der Waals surface area (Å²) in [6, 6.07) is 21.0. The fourth-order valence-corrected chi connectivity index (χ4v) is 4.65. The van der Waals surface area contributed by atoms with Crippen LogP contribution in [0.2, 0.25) is 25.2 Å². The SMILES string of the molecule is Nc1nc(Cl)cc(-c2cccc(Cl)c2Cl)n1.Nc1nc(NCCc2ccc(O)cc2)cc(-c2cccc(Cl)c2Cl)n1. The minimum Gasteiger partial charge on any atom is -0.508 e. The summed E-state index contributed by atoms with van der Waals surface area (Å²) in [5.74, 6) is 1.11. The van der Waals surface area contributed by atoms with E-state index in [2.05, 4.69) is 25.3 Å². The van der Waals surface area contributed by atoms with Crippen LogP contribution in [-0.4, -0.2) is 31.6 Å². The average molecular weight is 650 g/mol. The molecule has 0 fully saturated rings. The molecule has 0 bridgehead atoms. The lowest BCUT2D eigenvalue weighted by Gasteiger charge is -2.10. The van der Waals surface area contributed by atoms with E-state index in [1.54, 1.807) is 54.6 Å². The van der Waals surface area contributed by atoms with Gasteiger partial charge in [-0.3, -0.25) is 0 Å². The number of aromatic hydroxyl groups is 1. The molecule has 5 aromatic rings. The van der Waals surface area contributed by atoms with Crippen molar-refractivity contribution < 1.29 is 5.11 Å². The van der Waals surface area contributed by atoms with Gasteiger partial charge in [0.2, 0.25) is 11.9 Å². The molecule has 5 rings (SSSR count). The molecule has 13 heteroatoms. The number of anilines is 3. The van der Waals surface area contributed by atoms with E-state index < -0.39 is 0 Å². The Kier molecular flexibility index (Phi) is 10.3. The van der Waals surface area contributed by atoms with E-state index >= 15 is 0 Å². The number of benzene rings is 3. The van der Waals surface area contributed by atoms with Gasteiger partial charge < -0.3 is 21.9 Å². The van der Waals surface area contributed by atoms with Crippen molar-refractivity contribution >= 4 is 75.7 Å². The van der Waals surface area contributed by atoms with Gasteiger partial charge >= 0.3 is 0 Å². The Bertz CT molecular complexity index is 1650. The molecular weight excluding hydrogens is 628 g/mol. The van der Waals surface area contributed by atoms with Gasteiger partial charge in [-0.25, -0.2) is 15.0 Å². The third-order valence-corrected chi connectivity index (χ3v) is 7.40. The lowest BCUT2D eigenvalue weighted by atomic mass is 10.1. The first-order chi connectivity index (χ1) is 19.6. The maximum Gasteiger partial charge on any atom is 0.222 e. The molecular formula is C28H22Cl5N7O. The molecule has 8 nitrogen and oxygen atoms in total. The standard InChI is InChI=1S/C18H16Cl2N4O.C10H6Cl3N3/c19-14-3-1-2-13(17(14)20)15-10-16(24-18(21)23-15)22-9-8-11-4-6-12(25)7-5-11;11-6-3-1-2-5(9(6)13)7-4-8(12)16-10(14)15-7/h1-7,10,25H,8-9H2,(H3,21,22,23,24);1-4H,(H2,14,15,16). The van der Waals surface area contributed by atoms with Crippen LogP contribution in [-0.2, 0) is 6.42 Å². The Morgan fingerprint density at radius 1 is 0.659 bits per heavy atom. The zero-order valence-electron chi connectivity index (χ0n) is 21.1. The zero-order valence-corrected chi connectivity index (χ0v) is 24.9. The van der Waals surface area contributed by atoms with Crippen molar-refractivity contribution in [2.75, 3.05) is 23.3 Å². The topological polar surface area (TPSA) is 136 Å². The second kappa shape index (κ2) is 13.9. The van der Waals surface area contributed by atoms with Crippen LogP contribution in [0.3, 0.4) is 0 Å². The van der Waals surface area contributed by atoms with Crippen molar-refractivity contribution in [3.8, 4) is 28.3 Å². The number of aromatic nitrogens is 4. The van der Waals surface area contributed by atoms with Crippen molar-refractivity contribution in [3.05, 3.63) is 104 Å². The number of phenolic OH excluding ortho intramolecular Hbond substituents is 1. The highest BCUT2D eigenvalue weighted by atomic mass is 35.5. The van der Waals surface area contributed by atoms with E-state index in [0.29, 0.717) is 55.0 Å². The molecule has 0 unspecified atom stereocenters. The molecule has 3 aromatic carbocycles. The Hall–Kier alpha value is -3.53. The molecule has 2 heterocycles. The van der Waals surface area contributed by atoms with Crippen LogP contribution in [0.25, 0.3) is 22.5 Å². The molecule has 0 aliphatic rings. The highest BCUT2D eigenvalue weighted by Gasteiger charge is 2.11. The molecule has 2 aromatic heterocycles. The normalized spacial score (nSPS) is 10.6. The molecule has 0 saturated heterocycles. The maximum atomic E-state index is 9.30. The van der Waals surface area contributed by atoms with Gasteiger partial charge in [-0.1, -0.05) is 94.4 Å². The Morgan fingerprint density at radius 2 is 1.20 bits per heavy atom. The highest BCUT2D eigenvalue weighted by molar-refractivity contribution is 6.44. The summed E-state index contributed by atoms with van der Waals surface area (Å²) in [5.41, 5.74) is 14.9. The zero-order chi connectivity index (χ0) is 29.5. The van der Waals surface area contributed by atoms with Crippen LogP contribution in [0.4, 0.5) is 17.7 Å². The summed E-state index contributed by atoms with van der Waals surface area (Å²) in [6.07, 6.45) is 0.775. The summed E-state index contributed by atoms with van der Waals surface area (Å²) in [4.78, 5) is 16.2. The Morgan fingerprint density at radius 3 is 1.76 bits per heavy atom. The van der Waals surface area contributed by atoms with Gasteiger partial charge in [-0.15, -0.1) is 0 Å². The third-order valence-electron chi connectivity index (χ3n) is 5.57. The molecule has 0 saturated carbocycles. The molecule has 0 radical (unpaired) electrons. The van der Waals surface area contributed by atoms with Crippen molar-refractivity contribution in [2.24, 2.45) is 0 Å². The summed E-state index contributed by atoms with van der Waals surface area (Å²) in [6.45, 7) is 0.657. The quantitative estimate of drug-likeness (QED) is 0.136. The lowest BCUT2D eigenvalue weighted by molar-refractivity contribution is 0.475. The van der Waals surface area contributed by atoms with Crippen molar-refractivity contribution in [1.82, 2.24) is 19.9 Å². The Labute approximate surface area is 261 Å². The number of nitrogen functional groups attached to an aromatic ring is 2. The smallest absolute Gasteiger partial charge is 0.222 e. The number of rotatable bonds is 6. The average Bonchev–Trinajstić information content (AvgIpc) is 2.92. The minimum absolute atomic E-state index is 0.0959. The third kappa shape index (κ3) is 8.25. The molecule has 0 spiro atoms. The lowest BCUT2D eigenvalue weighted by Crippen LogP contribution is -2.08. The second-order valence-corrected chi connectivity index (χ2v) is 10.4. The number of phenols is 1. The van der Waals surface area contributed by atoms with Gasteiger partial charge in [-0.2, -0.15) is 4.98 Å². The summed E-state index contributed by atoms with van der Waals surface area (Å²) < 4.78 is 0. The van der Waals surface area contributed by atoms with Crippen molar-refractivity contribution in [3.63, 3.8) is 0 Å². The van der Waals surface area contributed by atoms with Crippen LogP contribution in [0.15, 0.2) is 72.8 Å². The van der Waals surface area contributed by atoms with Crippen molar-refractivity contribution in [2.45, 2.75) is 6.42 Å². The van der Waals surface area contributed by atoms with E-state index in [0.717, 1.165) is 12.0 Å². The first-order valence-corrected chi connectivity index (χ1v) is 13.8. The second-order valence-electron chi connectivity index (χ2n) is 8.48. The monoisotopic (exact) mass is 647 g/mol. The van der Waals surface area contributed by atoms with Crippen LogP contribution in [0.1, 0.15) is 5.56 Å². The minimum atomic E-state index is 0.0959. The van der Waals surface area contributed by atoms with Crippen LogP contribution in [0.5, 0.6) is 5.75 Å². The predicted molar refractivity (Wildman–Crippen MR) is 169 cm³/mol. The summed E-state index contributed by atoms with van der Waals surface area (Å²) >= 11 is 30.1. The number of nitrogens with one attached hydrogen (secondary N) is 1. The first-order valence-electron chi connectivity index (χ1n) is 12.0. The van der Waals surface area contributed by atoms with Gasteiger partial charge in [0.25, 0.3) is 0 Å². The largest absolute Gasteiger partial charge is 0.508 e. The van der Waals surface area contributed by atoms with Gasteiger partial charge in [0, 0.05) is 29.8 Å². The molecule has 0 atom stereocenters. The summed E-state index contributed by atoms with van der Waals surface area (Å²) in [5, 5.41) is 14.5. The highest BCUT2D eigenvalue weighted by Crippen LogP contribution is 2.34. The molecule has 210 valence electrons. The van der Waals surface area contributed by atoms with Gasteiger partial charge in [0.05, 0.1) is 31.5 Å². The van der Waals surface area contributed by atoms with Gasteiger partial charge in [-0.05, 0) is 36.2 Å². The van der Waals surface area contributed by atoms with E-state index in [-0.39, 0.29) is 22.8 Å². The van der Waals surface area contributed by atoms with Crippen LogP contribution >= 0.6 is 58.0 Å². The van der Waals surface area contributed by atoms with Gasteiger partial charge in [0.1, 0.15) is 16.7 Å². The molecule has 6 N–H and O–H groups in total. The number of nitrogens with two attached hydrogens (primary N) is 2. The van der Waals surface area contributed by atoms with E-state index in [1.165, 1.54) is 0 Å². The molecule has 0 amide bonds. The number of hydrogen-bond acceptors (Lipinski definition) is 8. The van der Waals surface area contributed by atoms with Crippen molar-refractivity contribution in [1.29, 1.82) is 0 Å². The van der Waals surface area contributed by atoms with Crippen LogP contribution in [0, 0.1) is 0 Å². The van der Waals surface area contributed by atoms with Gasteiger partial charge in [0.15, 0.2) is 0 Å². The fraction of sp³-hybridized carbons (Fsp3) is 0.0714. The number of hydrogen-bond donors (Lipinski definition) is 4. The number of nitrogens with zero attached hydrogens (tertiary/aromatic N) is 4. The molecule has 41 heavy (non-hydrogen) atoms. The van der Waals surface area contributed by atoms with E-state index in [9.17, 15) is 5.11 Å². The van der Waals surface area contributed by atoms with Crippen LogP contribution < -0.4 is 16.8 Å².